The summed E-state index contributed by atoms with van der Waals surface area (Å²) in [6.07, 6.45) is 1.84. The topological polar surface area (TPSA) is 51.7 Å². The second-order valence-electron chi connectivity index (χ2n) is 7.07. The van der Waals surface area contributed by atoms with Crippen LogP contribution in [-0.2, 0) is 6.54 Å². The number of alkyl halides is 2. The Kier molecular flexibility index (Phi) is 6.38. The van der Waals surface area contributed by atoms with Crippen molar-refractivity contribution < 1.29 is 23.0 Å². The molecule has 1 aromatic heterocycles. The summed E-state index contributed by atoms with van der Waals surface area (Å²) in [4.78, 5) is 19.5. The highest BCUT2D eigenvalue weighted by molar-refractivity contribution is 7.13. The SMILES string of the molecule is COc1cc(CN(C(=O)c2csc(-c3ccc(Cl)cc3)n2)C2CC2)ccc1OC(F)F. The van der Waals surface area contributed by atoms with Crippen molar-refractivity contribution in [1.82, 2.24) is 9.88 Å². The summed E-state index contributed by atoms with van der Waals surface area (Å²) in [6.45, 7) is -2.62. The molecule has 0 aliphatic heterocycles. The van der Waals surface area contributed by atoms with Gasteiger partial charge in [-0.25, -0.2) is 4.98 Å². The summed E-state index contributed by atoms with van der Waals surface area (Å²) in [6, 6.07) is 12.1. The van der Waals surface area contributed by atoms with Gasteiger partial charge in [0, 0.05) is 28.6 Å². The molecule has 4 rings (SSSR count). The first-order valence-corrected chi connectivity index (χ1v) is 10.8. The maximum absolute atomic E-state index is 13.2. The highest BCUT2D eigenvalue weighted by Gasteiger charge is 2.34. The van der Waals surface area contributed by atoms with E-state index in [1.54, 1.807) is 34.5 Å². The highest BCUT2D eigenvalue weighted by atomic mass is 35.5. The van der Waals surface area contributed by atoms with E-state index in [0.29, 0.717) is 17.3 Å². The summed E-state index contributed by atoms with van der Waals surface area (Å²) < 4.78 is 34.8. The van der Waals surface area contributed by atoms with Gasteiger partial charge in [0.2, 0.25) is 0 Å². The molecule has 5 nitrogen and oxygen atoms in total. The number of benzene rings is 2. The van der Waals surface area contributed by atoms with Crippen LogP contribution in [0.4, 0.5) is 8.78 Å². The zero-order valence-electron chi connectivity index (χ0n) is 16.6. The molecule has 1 saturated carbocycles. The molecule has 0 atom stereocenters. The van der Waals surface area contributed by atoms with Gasteiger partial charge < -0.3 is 14.4 Å². The van der Waals surface area contributed by atoms with E-state index in [1.807, 2.05) is 12.1 Å². The predicted octanol–water partition coefficient (Wildman–Crippen LogP) is 5.88. The predicted molar refractivity (Wildman–Crippen MR) is 115 cm³/mol. The molecule has 1 aliphatic rings. The summed E-state index contributed by atoms with van der Waals surface area (Å²) in [5, 5.41) is 3.13. The zero-order chi connectivity index (χ0) is 22.0. The lowest BCUT2D eigenvalue weighted by Crippen LogP contribution is -2.32. The number of ether oxygens (including phenoxy) is 2. The minimum Gasteiger partial charge on any atom is -0.493 e. The Bertz CT molecular complexity index is 1070. The molecule has 0 bridgehead atoms. The number of halogens is 3. The molecule has 2 aromatic carbocycles. The van der Waals surface area contributed by atoms with Gasteiger partial charge in [0.25, 0.3) is 5.91 Å². The summed E-state index contributed by atoms with van der Waals surface area (Å²) >= 11 is 7.34. The largest absolute Gasteiger partial charge is 0.493 e. The van der Waals surface area contributed by atoms with E-state index < -0.39 is 6.61 Å². The van der Waals surface area contributed by atoms with Crippen LogP contribution in [0.5, 0.6) is 11.5 Å². The number of carbonyl (C=O) groups is 1. The normalized spacial score (nSPS) is 13.3. The van der Waals surface area contributed by atoms with Gasteiger partial charge in [-0.05, 0) is 42.7 Å². The fourth-order valence-electron chi connectivity index (χ4n) is 3.20. The van der Waals surface area contributed by atoms with Gasteiger partial charge in [0.15, 0.2) is 11.5 Å². The zero-order valence-corrected chi connectivity index (χ0v) is 18.1. The maximum atomic E-state index is 13.2. The molecule has 1 aliphatic carbocycles. The van der Waals surface area contributed by atoms with Crippen molar-refractivity contribution in [2.45, 2.75) is 32.0 Å². The number of aromatic nitrogens is 1. The molecule has 1 amide bonds. The van der Waals surface area contributed by atoms with E-state index in [4.69, 9.17) is 16.3 Å². The lowest BCUT2D eigenvalue weighted by molar-refractivity contribution is -0.0512. The fourth-order valence-corrected chi connectivity index (χ4v) is 4.12. The fraction of sp³-hybridized carbons (Fsp3) is 0.273. The number of thiazole rings is 1. The average Bonchev–Trinajstić information content (AvgIpc) is 3.48. The van der Waals surface area contributed by atoms with Crippen LogP contribution in [0.2, 0.25) is 5.02 Å². The minimum absolute atomic E-state index is 0.0438. The van der Waals surface area contributed by atoms with Gasteiger partial charge in [-0.1, -0.05) is 29.8 Å². The van der Waals surface area contributed by atoms with Crippen LogP contribution < -0.4 is 9.47 Å². The molecule has 0 radical (unpaired) electrons. The number of methoxy groups -OCH3 is 1. The Morgan fingerprint density at radius 2 is 1.97 bits per heavy atom. The smallest absolute Gasteiger partial charge is 0.387 e. The van der Waals surface area contributed by atoms with E-state index in [2.05, 4.69) is 9.72 Å². The van der Waals surface area contributed by atoms with E-state index >= 15 is 0 Å². The monoisotopic (exact) mass is 464 g/mol. The van der Waals surface area contributed by atoms with Gasteiger partial charge in [0.05, 0.1) is 7.11 Å². The molecule has 1 heterocycles. The average molecular weight is 465 g/mol. The van der Waals surface area contributed by atoms with Crippen molar-refractivity contribution in [1.29, 1.82) is 0 Å². The van der Waals surface area contributed by atoms with Crippen LogP contribution in [0, 0.1) is 0 Å². The Labute approximate surface area is 187 Å². The van der Waals surface area contributed by atoms with Crippen molar-refractivity contribution in [3.63, 3.8) is 0 Å². The van der Waals surface area contributed by atoms with Crippen molar-refractivity contribution >= 4 is 28.8 Å². The van der Waals surface area contributed by atoms with Crippen LogP contribution in [-0.4, -0.2) is 35.6 Å². The Morgan fingerprint density at radius 3 is 2.61 bits per heavy atom. The third-order valence-electron chi connectivity index (χ3n) is 4.86. The minimum atomic E-state index is -2.94. The first-order valence-electron chi connectivity index (χ1n) is 9.58. The molecule has 162 valence electrons. The summed E-state index contributed by atoms with van der Waals surface area (Å²) in [7, 11) is 1.38. The van der Waals surface area contributed by atoms with Crippen LogP contribution in [0.15, 0.2) is 47.8 Å². The molecule has 3 aromatic rings. The van der Waals surface area contributed by atoms with E-state index in [-0.39, 0.29) is 23.4 Å². The first-order chi connectivity index (χ1) is 14.9. The van der Waals surface area contributed by atoms with Crippen LogP contribution in [0.1, 0.15) is 28.9 Å². The van der Waals surface area contributed by atoms with Gasteiger partial charge in [-0.3, -0.25) is 4.79 Å². The van der Waals surface area contributed by atoms with E-state index in [0.717, 1.165) is 29.0 Å². The molecular formula is C22H19ClF2N2O3S. The van der Waals surface area contributed by atoms with Crippen molar-refractivity contribution in [3.8, 4) is 22.1 Å². The third-order valence-corrected chi connectivity index (χ3v) is 6.00. The Morgan fingerprint density at radius 1 is 1.23 bits per heavy atom. The quantitative estimate of drug-likeness (QED) is 0.418. The lowest BCUT2D eigenvalue weighted by Gasteiger charge is -2.22. The number of hydrogen-bond acceptors (Lipinski definition) is 5. The third kappa shape index (κ3) is 5.14. The van der Waals surface area contributed by atoms with Crippen LogP contribution >= 0.6 is 22.9 Å². The molecule has 0 saturated heterocycles. The molecule has 0 N–H and O–H groups in total. The number of amides is 1. The van der Waals surface area contributed by atoms with Gasteiger partial charge in [0.1, 0.15) is 10.7 Å². The van der Waals surface area contributed by atoms with Crippen molar-refractivity contribution in [2.24, 2.45) is 0 Å². The van der Waals surface area contributed by atoms with Crippen molar-refractivity contribution in [2.75, 3.05) is 7.11 Å². The maximum Gasteiger partial charge on any atom is 0.387 e. The first kappa shape index (κ1) is 21.5. The van der Waals surface area contributed by atoms with Gasteiger partial charge >= 0.3 is 6.61 Å². The lowest BCUT2D eigenvalue weighted by atomic mass is 10.1. The number of hydrogen-bond donors (Lipinski definition) is 0. The van der Waals surface area contributed by atoms with Crippen molar-refractivity contribution in [3.05, 3.63) is 64.1 Å². The molecule has 31 heavy (non-hydrogen) atoms. The number of rotatable bonds is 8. The van der Waals surface area contributed by atoms with Gasteiger partial charge in [-0.15, -0.1) is 11.3 Å². The van der Waals surface area contributed by atoms with Crippen LogP contribution in [0.25, 0.3) is 10.6 Å². The van der Waals surface area contributed by atoms with E-state index in [1.165, 1.54) is 24.5 Å². The Hall–Kier alpha value is -2.71. The second kappa shape index (κ2) is 9.20. The van der Waals surface area contributed by atoms with Gasteiger partial charge in [-0.2, -0.15) is 8.78 Å². The Balaban J connectivity index is 1.53. The highest BCUT2D eigenvalue weighted by Crippen LogP contribution is 2.34. The van der Waals surface area contributed by atoms with Crippen LogP contribution in [0.3, 0.4) is 0 Å². The standard InChI is InChI=1S/C22H19ClF2N2O3S/c1-29-19-10-13(2-9-18(19)30-22(24)25)11-27(16-7-8-16)21(28)17-12-31-20(26-17)14-3-5-15(23)6-4-14/h2-6,9-10,12,16,22H,7-8,11H2,1H3. The number of carbonyl (C=O) groups excluding carboxylic acids is 1. The molecule has 0 unspecified atom stereocenters. The summed E-state index contributed by atoms with van der Waals surface area (Å²) in [5.41, 5.74) is 2.03. The molecular weight excluding hydrogens is 446 g/mol. The molecule has 1 fully saturated rings. The second-order valence-corrected chi connectivity index (χ2v) is 8.37. The molecule has 9 heteroatoms. The number of nitrogens with zero attached hydrogens (tertiary/aromatic N) is 2. The molecule has 0 spiro atoms. The summed E-state index contributed by atoms with van der Waals surface area (Å²) in [5.74, 6) is -0.0110. The van der Waals surface area contributed by atoms with E-state index in [9.17, 15) is 13.6 Å².